The lowest BCUT2D eigenvalue weighted by molar-refractivity contribution is -0.147. The van der Waals surface area contributed by atoms with E-state index < -0.39 is 12.0 Å². The summed E-state index contributed by atoms with van der Waals surface area (Å²) in [4.78, 5) is 22.8. The Kier molecular flexibility index (Phi) is 5.36. The average Bonchev–Trinajstić information content (AvgIpc) is 2.28. The maximum absolute atomic E-state index is 11.7. The zero-order valence-corrected chi connectivity index (χ0v) is 11.0. The molecule has 98 valence electrons. The van der Waals surface area contributed by atoms with Crippen LogP contribution in [0.4, 0.5) is 0 Å². The second kappa shape index (κ2) is 6.79. The van der Waals surface area contributed by atoms with Gasteiger partial charge in [0, 0.05) is 13.3 Å². The molecule has 0 heterocycles. The lowest BCUT2D eigenvalue weighted by Gasteiger charge is -2.16. The van der Waals surface area contributed by atoms with E-state index in [0.29, 0.717) is 13.0 Å². The van der Waals surface area contributed by atoms with E-state index in [1.54, 1.807) is 6.92 Å². The molecule has 0 aliphatic carbocycles. The van der Waals surface area contributed by atoms with Crippen molar-refractivity contribution in [3.63, 3.8) is 0 Å². The number of rotatable bonds is 5. The Balaban J connectivity index is 2.77. The molecule has 1 N–H and O–H groups in total. The van der Waals surface area contributed by atoms with Crippen LogP contribution in [0.1, 0.15) is 25.0 Å². The van der Waals surface area contributed by atoms with Crippen LogP contribution in [0.5, 0.6) is 0 Å². The number of carbonyl (C=O) groups excluding carboxylic acids is 2. The van der Waals surface area contributed by atoms with Crippen LogP contribution in [-0.4, -0.2) is 24.5 Å². The minimum absolute atomic E-state index is 0.235. The van der Waals surface area contributed by atoms with Crippen molar-refractivity contribution < 1.29 is 14.3 Å². The molecule has 0 spiro atoms. The van der Waals surface area contributed by atoms with Crippen LogP contribution in [0.25, 0.3) is 0 Å². The fraction of sp³-hybridized carbons (Fsp3) is 0.429. The Labute approximate surface area is 107 Å². The van der Waals surface area contributed by atoms with Crippen molar-refractivity contribution in [2.24, 2.45) is 0 Å². The quantitative estimate of drug-likeness (QED) is 0.806. The summed E-state index contributed by atoms with van der Waals surface area (Å²) in [6, 6.07) is 7.22. The molecule has 4 heteroatoms. The number of hydrogen-bond donors (Lipinski definition) is 1. The summed E-state index contributed by atoms with van der Waals surface area (Å²) in [6.07, 6.45) is 0.445. The Morgan fingerprint density at radius 2 is 2.11 bits per heavy atom. The van der Waals surface area contributed by atoms with Gasteiger partial charge in [0.2, 0.25) is 5.91 Å². The van der Waals surface area contributed by atoms with E-state index in [1.807, 2.05) is 31.2 Å². The second-order valence-corrected chi connectivity index (χ2v) is 4.20. The van der Waals surface area contributed by atoms with Gasteiger partial charge in [0.15, 0.2) is 0 Å². The third-order valence-electron chi connectivity index (χ3n) is 2.47. The topological polar surface area (TPSA) is 55.4 Å². The van der Waals surface area contributed by atoms with Gasteiger partial charge in [-0.15, -0.1) is 0 Å². The first-order valence-corrected chi connectivity index (χ1v) is 6.02. The first-order valence-electron chi connectivity index (χ1n) is 6.02. The molecule has 0 aromatic heterocycles. The molecule has 0 aliphatic heterocycles. The van der Waals surface area contributed by atoms with Gasteiger partial charge in [-0.05, 0) is 19.4 Å². The number of amides is 1. The molecule has 4 nitrogen and oxygen atoms in total. The van der Waals surface area contributed by atoms with Gasteiger partial charge in [0.25, 0.3) is 0 Å². The molecule has 1 unspecified atom stereocenters. The molecule has 1 atom stereocenters. The highest BCUT2D eigenvalue weighted by molar-refractivity contribution is 5.83. The maximum atomic E-state index is 11.7. The van der Waals surface area contributed by atoms with Crippen molar-refractivity contribution in [2.45, 2.75) is 33.2 Å². The largest absolute Gasteiger partial charge is 0.464 e. The van der Waals surface area contributed by atoms with Gasteiger partial charge in [-0.25, -0.2) is 4.79 Å². The summed E-state index contributed by atoms with van der Waals surface area (Å²) < 4.78 is 4.95. The molecule has 0 saturated heterocycles. The van der Waals surface area contributed by atoms with Crippen LogP contribution in [0.3, 0.4) is 0 Å². The van der Waals surface area contributed by atoms with Crippen molar-refractivity contribution in [1.29, 1.82) is 0 Å². The normalized spacial score (nSPS) is 11.7. The summed E-state index contributed by atoms with van der Waals surface area (Å²) in [5.74, 6) is -0.630. The van der Waals surface area contributed by atoms with Crippen LogP contribution in [-0.2, 0) is 20.7 Å². The van der Waals surface area contributed by atoms with Gasteiger partial charge in [-0.2, -0.15) is 0 Å². The molecule has 1 aromatic rings. The highest BCUT2D eigenvalue weighted by Gasteiger charge is 2.20. The molecule has 0 bridgehead atoms. The number of ether oxygens (including phenoxy) is 1. The van der Waals surface area contributed by atoms with E-state index in [1.165, 1.54) is 6.92 Å². The smallest absolute Gasteiger partial charge is 0.328 e. The van der Waals surface area contributed by atoms with Gasteiger partial charge in [0.05, 0.1) is 6.61 Å². The highest BCUT2D eigenvalue weighted by Crippen LogP contribution is 2.08. The molecule has 1 amide bonds. The predicted octanol–water partition coefficient (Wildman–Crippen LogP) is 1.61. The zero-order chi connectivity index (χ0) is 13.5. The Bertz CT molecular complexity index is 429. The maximum Gasteiger partial charge on any atom is 0.328 e. The lowest BCUT2D eigenvalue weighted by Crippen LogP contribution is -2.42. The van der Waals surface area contributed by atoms with Crippen molar-refractivity contribution >= 4 is 11.9 Å². The van der Waals surface area contributed by atoms with Crippen LogP contribution in [0, 0.1) is 6.92 Å². The zero-order valence-electron chi connectivity index (χ0n) is 11.0. The van der Waals surface area contributed by atoms with Crippen LogP contribution < -0.4 is 5.32 Å². The number of carbonyl (C=O) groups is 2. The van der Waals surface area contributed by atoms with Gasteiger partial charge in [-0.1, -0.05) is 29.8 Å². The van der Waals surface area contributed by atoms with Crippen LogP contribution in [0.2, 0.25) is 0 Å². The third kappa shape index (κ3) is 4.57. The van der Waals surface area contributed by atoms with E-state index >= 15 is 0 Å². The Hall–Kier alpha value is -1.84. The molecule has 1 aromatic carbocycles. The number of hydrogen-bond acceptors (Lipinski definition) is 3. The molecular formula is C14H19NO3. The van der Waals surface area contributed by atoms with Crippen molar-refractivity contribution in [2.75, 3.05) is 6.61 Å². The standard InChI is InChI=1S/C14H19NO3/c1-4-18-14(17)13(15-11(3)16)9-12-7-5-6-10(2)8-12/h5-8,13H,4,9H2,1-3H3,(H,15,16). The minimum atomic E-state index is -0.621. The molecule has 0 fully saturated rings. The van der Waals surface area contributed by atoms with E-state index in [-0.39, 0.29) is 5.91 Å². The van der Waals surface area contributed by atoms with Gasteiger partial charge >= 0.3 is 5.97 Å². The second-order valence-electron chi connectivity index (χ2n) is 4.20. The summed E-state index contributed by atoms with van der Waals surface area (Å²) in [5.41, 5.74) is 2.12. The Morgan fingerprint density at radius 3 is 2.67 bits per heavy atom. The summed E-state index contributed by atoms with van der Waals surface area (Å²) in [6.45, 7) is 5.43. The number of nitrogens with one attached hydrogen (secondary N) is 1. The van der Waals surface area contributed by atoms with Gasteiger partial charge in [-0.3, -0.25) is 4.79 Å². The third-order valence-corrected chi connectivity index (χ3v) is 2.47. The van der Waals surface area contributed by atoms with E-state index in [9.17, 15) is 9.59 Å². The molecule has 0 saturated carbocycles. The minimum Gasteiger partial charge on any atom is -0.464 e. The van der Waals surface area contributed by atoms with E-state index in [4.69, 9.17) is 4.74 Å². The fourth-order valence-electron chi connectivity index (χ4n) is 1.76. The van der Waals surface area contributed by atoms with Gasteiger partial charge in [0.1, 0.15) is 6.04 Å². The molecule has 0 aliphatic rings. The van der Waals surface area contributed by atoms with Gasteiger partial charge < -0.3 is 10.1 Å². The van der Waals surface area contributed by atoms with Crippen molar-refractivity contribution in [3.05, 3.63) is 35.4 Å². The van der Waals surface area contributed by atoms with E-state index in [0.717, 1.165) is 11.1 Å². The van der Waals surface area contributed by atoms with Crippen molar-refractivity contribution in [3.8, 4) is 0 Å². The predicted molar refractivity (Wildman–Crippen MR) is 69.1 cm³/mol. The number of aryl methyl sites for hydroxylation is 1. The number of benzene rings is 1. The average molecular weight is 249 g/mol. The molecule has 0 radical (unpaired) electrons. The molecule has 18 heavy (non-hydrogen) atoms. The number of esters is 1. The molecule has 1 rings (SSSR count). The van der Waals surface area contributed by atoms with E-state index in [2.05, 4.69) is 5.32 Å². The summed E-state index contributed by atoms with van der Waals surface area (Å²) >= 11 is 0. The first kappa shape index (κ1) is 14.2. The van der Waals surface area contributed by atoms with Crippen LogP contribution >= 0.6 is 0 Å². The summed E-state index contributed by atoms with van der Waals surface area (Å²) in [7, 11) is 0. The highest BCUT2D eigenvalue weighted by atomic mass is 16.5. The van der Waals surface area contributed by atoms with Crippen molar-refractivity contribution in [1.82, 2.24) is 5.32 Å². The monoisotopic (exact) mass is 249 g/mol. The lowest BCUT2D eigenvalue weighted by atomic mass is 10.0. The first-order chi connectivity index (χ1) is 8.52. The summed E-state index contributed by atoms with van der Waals surface area (Å²) in [5, 5.41) is 2.62. The molecular weight excluding hydrogens is 230 g/mol. The fourth-order valence-corrected chi connectivity index (χ4v) is 1.76. The van der Waals surface area contributed by atoms with Crippen LogP contribution in [0.15, 0.2) is 24.3 Å². The Morgan fingerprint density at radius 1 is 1.39 bits per heavy atom. The SMILES string of the molecule is CCOC(=O)C(Cc1cccc(C)c1)NC(C)=O.